The number of thiazole rings is 1. The van der Waals surface area contributed by atoms with Crippen LogP contribution in [-0.4, -0.2) is 62.5 Å². The van der Waals surface area contributed by atoms with Crippen molar-refractivity contribution in [2.75, 3.05) is 36.4 Å². The molecule has 1 N–H and O–H groups in total. The maximum atomic E-state index is 12.5. The minimum absolute atomic E-state index is 0.00776. The van der Waals surface area contributed by atoms with Crippen molar-refractivity contribution in [2.24, 2.45) is 5.92 Å². The molecule has 9 nitrogen and oxygen atoms in total. The van der Waals surface area contributed by atoms with E-state index in [1.807, 2.05) is 23.1 Å². The summed E-state index contributed by atoms with van der Waals surface area (Å²) in [6.45, 7) is 2.62. The molecule has 5 rings (SSSR count). The number of aromatic nitrogens is 4. The summed E-state index contributed by atoms with van der Waals surface area (Å²) in [4.78, 5) is 37.0. The van der Waals surface area contributed by atoms with Crippen LogP contribution in [-0.2, 0) is 4.79 Å². The van der Waals surface area contributed by atoms with Gasteiger partial charge in [0.15, 0.2) is 5.65 Å². The van der Waals surface area contributed by atoms with Crippen LogP contribution in [0.2, 0.25) is 0 Å². The van der Waals surface area contributed by atoms with Gasteiger partial charge in [0, 0.05) is 37.5 Å². The van der Waals surface area contributed by atoms with Gasteiger partial charge in [0.05, 0.1) is 5.51 Å². The minimum Gasteiger partial charge on any atom is -0.353 e. The average Bonchev–Trinajstić information content (AvgIpc) is 3.27. The smallest absolute Gasteiger partial charge is 0.273 e. The minimum atomic E-state index is -0.0232. The molecule has 0 aromatic carbocycles. The molecular weight excluding hydrogens is 378 g/mol. The third-order valence-electron chi connectivity index (χ3n) is 5.07. The lowest BCUT2D eigenvalue weighted by Gasteiger charge is -2.35. The molecule has 3 aromatic heterocycles. The molecule has 2 amide bonds. The molecular formula is C18H19N7O2S. The Labute approximate surface area is 165 Å². The normalized spacial score (nSPS) is 17.1. The molecule has 0 spiro atoms. The van der Waals surface area contributed by atoms with E-state index in [0.717, 1.165) is 18.7 Å². The van der Waals surface area contributed by atoms with Crippen molar-refractivity contribution in [1.82, 2.24) is 24.5 Å². The second kappa shape index (κ2) is 6.86. The number of piperazine rings is 1. The molecule has 28 heavy (non-hydrogen) atoms. The van der Waals surface area contributed by atoms with Gasteiger partial charge in [0.2, 0.25) is 11.9 Å². The van der Waals surface area contributed by atoms with Crippen molar-refractivity contribution < 1.29 is 9.59 Å². The number of carbonyl (C=O) groups is 2. The highest BCUT2D eigenvalue weighted by Gasteiger charge is 2.30. The summed E-state index contributed by atoms with van der Waals surface area (Å²) in [5.41, 5.74) is 2.87. The van der Waals surface area contributed by atoms with Crippen molar-refractivity contribution in [3.05, 3.63) is 34.8 Å². The van der Waals surface area contributed by atoms with Crippen LogP contribution >= 0.6 is 11.3 Å². The molecule has 2 fully saturated rings. The maximum absolute atomic E-state index is 12.5. The molecule has 0 unspecified atom stereocenters. The van der Waals surface area contributed by atoms with Crippen molar-refractivity contribution in [1.29, 1.82) is 0 Å². The first-order valence-electron chi connectivity index (χ1n) is 9.28. The second-order valence-corrected chi connectivity index (χ2v) is 7.72. The molecule has 1 aliphatic carbocycles. The van der Waals surface area contributed by atoms with E-state index in [2.05, 4.69) is 25.3 Å². The number of rotatable bonds is 4. The lowest BCUT2D eigenvalue weighted by atomic mass is 10.2. The predicted molar refractivity (Wildman–Crippen MR) is 105 cm³/mol. The zero-order valence-electron chi connectivity index (χ0n) is 15.1. The first kappa shape index (κ1) is 17.1. The molecule has 0 radical (unpaired) electrons. The fourth-order valence-electron chi connectivity index (χ4n) is 3.36. The van der Waals surface area contributed by atoms with E-state index in [1.54, 1.807) is 15.4 Å². The number of fused-ring (bicyclic) bond motifs is 1. The van der Waals surface area contributed by atoms with Crippen molar-refractivity contribution in [3.63, 3.8) is 0 Å². The molecule has 144 valence electrons. The van der Waals surface area contributed by atoms with E-state index in [1.165, 1.54) is 11.3 Å². The van der Waals surface area contributed by atoms with E-state index >= 15 is 0 Å². The van der Waals surface area contributed by atoms with E-state index in [-0.39, 0.29) is 17.7 Å². The van der Waals surface area contributed by atoms with E-state index in [4.69, 9.17) is 0 Å². The van der Waals surface area contributed by atoms with Crippen LogP contribution in [0.25, 0.3) is 5.65 Å². The summed E-state index contributed by atoms with van der Waals surface area (Å²) in [6, 6.07) is 5.77. The van der Waals surface area contributed by atoms with Gasteiger partial charge in [-0.1, -0.05) is 6.07 Å². The lowest BCUT2D eigenvalue weighted by Crippen LogP contribution is -2.49. The van der Waals surface area contributed by atoms with Crippen molar-refractivity contribution in [2.45, 2.75) is 12.8 Å². The fourth-order valence-corrected chi connectivity index (χ4v) is 3.89. The number of hydrogen-bond acceptors (Lipinski definition) is 7. The number of hydrogen-bond donors (Lipinski definition) is 1. The first-order valence-corrected chi connectivity index (χ1v) is 10.2. The quantitative estimate of drug-likeness (QED) is 0.717. The van der Waals surface area contributed by atoms with Gasteiger partial charge in [0.25, 0.3) is 5.91 Å². The summed E-state index contributed by atoms with van der Waals surface area (Å²) < 4.78 is 1.75. The van der Waals surface area contributed by atoms with E-state index in [0.29, 0.717) is 43.5 Å². The zero-order chi connectivity index (χ0) is 19.1. The van der Waals surface area contributed by atoms with Gasteiger partial charge in [-0.15, -0.1) is 16.4 Å². The Morgan fingerprint density at radius 2 is 1.96 bits per heavy atom. The van der Waals surface area contributed by atoms with Crippen LogP contribution in [0.5, 0.6) is 0 Å². The summed E-state index contributed by atoms with van der Waals surface area (Å²) in [5, 5.41) is 9.06. The highest BCUT2D eigenvalue weighted by Crippen LogP contribution is 2.30. The van der Waals surface area contributed by atoms with Crippen LogP contribution in [0.1, 0.15) is 23.3 Å². The van der Waals surface area contributed by atoms with Gasteiger partial charge in [-0.25, -0.2) is 4.98 Å². The molecule has 0 atom stereocenters. The molecule has 1 aliphatic heterocycles. The average molecular weight is 397 g/mol. The summed E-state index contributed by atoms with van der Waals surface area (Å²) in [6.07, 6.45) is 1.88. The Bertz CT molecular complexity index is 1020. The Balaban J connectivity index is 1.31. The van der Waals surface area contributed by atoms with Crippen molar-refractivity contribution in [3.8, 4) is 0 Å². The van der Waals surface area contributed by atoms with Crippen LogP contribution in [0.15, 0.2) is 29.1 Å². The van der Waals surface area contributed by atoms with Gasteiger partial charge < -0.3 is 9.80 Å². The fraction of sp³-hybridized carbons (Fsp3) is 0.389. The Morgan fingerprint density at radius 3 is 2.68 bits per heavy atom. The molecule has 10 heteroatoms. The summed E-state index contributed by atoms with van der Waals surface area (Å²) >= 11 is 1.43. The molecule has 2 aliphatic rings. The van der Waals surface area contributed by atoms with Gasteiger partial charge in [-0.2, -0.15) is 9.50 Å². The second-order valence-electron chi connectivity index (χ2n) is 7.01. The Kier molecular flexibility index (Phi) is 4.19. The Hall–Kier alpha value is -3.01. The third kappa shape index (κ3) is 3.19. The van der Waals surface area contributed by atoms with Crippen molar-refractivity contribution >= 4 is 40.6 Å². The van der Waals surface area contributed by atoms with Gasteiger partial charge in [-0.3, -0.25) is 14.9 Å². The predicted octanol–water partition coefficient (Wildman–Crippen LogP) is 1.50. The number of carbonyl (C=O) groups excluding carboxylic acids is 2. The summed E-state index contributed by atoms with van der Waals surface area (Å²) in [5.74, 6) is 1.31. The zero-order valence-corrected chi connectivity index (χ0v) is 15.9. The number of nitrogens with zero attached hydrogens (tertiary/aromatic N) is 6. The summed E-state index contributed by atoms with van der Waals surface area (Å²) in [7, 11) is 0. The van der Waals surface area contributed by atoms with Crippen LogP contribution < -0.4 is 10.2 Å². The topological polar surface area (TPSA) is 95.7 Å². The number of amides is 2. The molecule has 1 saturated heterocycles. The van der Waals surface area contributed by atoms with Gasteiger partial charge in [0.1, 0.15) is 11.5 Å². The highest BCUT2D eigenvalue weighted by molar-refractivity contribution is 7.07. The SMILES string of the molecule is O=C(Nc1nc2cccc(N3CCN(C(=O)c4cscn4)CC3)n2n1)C1CC1. The number of anilines is 2. The molecule has 1 saturated carbocycles. The highest BCUT2D eigenvalue weighted by atomic mass is 32.1. The van der Waals surface area contributed by atoms with Crippen LogP contribution in [0.3, 0.4) is 0 Å². The monoisotopic (exact) mass is 397 g/mol. The van der Waals surface area contributed by atoms with Gasteiger partial charge in [-0.05, 0) is 25.0 Å². The molecule has 3 aromatic rings. The van der Waals surface area contributed by atoms with Crippen LogP contribution in [0, 0.1) is 5.92 Å². The Morgan fingerprint density at radius 1 is 1.14 bits per heavy atom. The maximum Gasteiger partial charge on any atom is 0.273 e. The van der Waals surface area contributed by atoms with Gasteiger partial charge >= 0.3 is 0 Å². The third-order valence-corrected chi connectivity index (χ3v) is 5.65. The first-order chi connectivity index (χ1) is 13.7. The van der Waals surface area contributed by atoms with Crippen LogP contribution in [0.4, 0.5) is 11.8 Å². The largest absolute Gasteiger partial charge is 0.353 e. The standard InChI is InChI=1S/C18H19N7O2S/c26-16(12-4-5-12)21-18-20-14-2-1-3-15(25(14)22-18)23-6-8-24(9-7-23)17(27)13-10-28-11-19-13/h1-3,10-12H,4-9H2,(H,21,22,26). The van der Waals surface area contributed by atoms with E-state index < -0.39 is 0 Å². The number of pyridine rings is 1. The lowest BCUT2D eigenvalue weighted by molar-refractivity contribution is -0.117. The van der Waals surface area contributed by atoms with E-state index in [9.17, 15) is 9.59 Å². The molecule has 0 bridgehead atoms. The number of nitrogens with one attached hydrogen (secondary N) is 1. The molecule has 4 heterocycles.